The Hall–Kier alpha value is -1.55. The lowest BCUT2D eigenvalue weighted by molar-refractivity contribution is 0.485. The fourth-order valence-electron chi connectivity index (χ4n) is 2.37. The number of fused-ring (bicyclic) bond motifs is 1. The first-order valence-corrected chi connectivity index (χ1v) is 5.75. The number of benzene rings is 1. The summed E-state index contributed by atoms with van der Waals surface area (Å²) in [6, 6.07) is 6.90. The SMILES string of the molecule is CC1CN(c2cccc3cn[nH]c23)CCN1. The van der Waals surface area contributed by atoms with Crippen LogP contribution in [0.1, 0.15) is 6.92 Å². The molecule has 3 rings (SSSR count). The van der Waals surface area contributed by atoms with Gasteiger partial charge in [-0.25, -0.2) is 0 Å². The van der Waals surface area contributed by atoms with Crippen molar-refractivity contribution in [2.24, 2.45) is 0 Å². The molecular weight excluding hydrogens is 200 g/mol. The Morgan fingerprint density at radius 3 is 3.25 bits per heavy atom. The molecule has 1 aromatic carbocycles. The van der Waals surface area contributed by atoms with Crippen LogP contribution in [-0.4, -0.2) is 35.9 Å². The zero-order valence-electron chi connectivity index (χ0n) is 9.40. The maximum absolute atomic E-state index is 4.11. The van der Waals surface area contributed by atoms with Gasteiger partial charge in [-0.3, -0.25) is 5.10 Å². The topological polar surface area (TPSA) is 44.0 Å². The number of nitrogens with one attached hydrogen (secondary N) is 2. The third-order valence-corrected chi connectivity index (χ3v) is 3.16. The van der Waals surface area contributed by atoms with Crippen molar-refractivity contribution in [3.63, 3.8) is 0 Å². The lowest BCUT2D eigenvalue weighted by Crippen LogP contribution is -2.49. The second-order valence-corrected chi connectivity index (χ2v) is 4.41. The van der Waals surface area contributed by atoms with E-state index in [1.54, 1.807) is 0 Å². The summed E-state index contributed by atoms with van der Waals surface area (Å²) in [6.45, 7) is 5.38. The molecule has 0 saturated carbocycles. The van der Waals surface area contributed by atoms with Crippen molar-refractivity contribution < 1.29 is 0 Å². The maximum Gasteiger partial charge on any atom is 0.0883 e. The molecule has 0 radical (unpaired) electrons. The van der Waals surface area contributed by atoms with Gasteiger partial charge in [0.2, 0.25) is 0 Å². The third-order valence-electron chi connectivity index (χ3n) is 3.16. The first kappa shape index (κ1) is 9.66. The van der Waals surface area contributed by atoms with E-state index >= 15 is 0 Å². The molecule has 0 amide bonds. The van der Waals surface area contributed by atoms with Crippen molar-refractivity contribution in [3.8, 4) is 0 Å². The minimum Gasteiger partial charge on any atom is -0.367 e. The van der Waals surface area contributed by atoms with Crippen LogP contribution >= 0.6 is 0 Å². The molecule has 1 aromatic heterocycles. The molecule has 2 N–H and O–H groups in total. The van der Waals surface area contributed by atoms with E-state index in [2.05, 4.69) is 45.5 Å². The van der Waals surface area contributed by atoms with Gasteiger partial charge in [-0.2, -0.15) is 5.10 Å². The lowest BCUT2D eigenvalue weighted by atomic mass is 10.1. The minimum absolute atomic E-state index is 0.548. The van der Waals surface area contributed by atoms with Gasteiger partial charge in [0.25, 0.3) is 0 Å². The highest BCUT2D eigenvalue weighted by atomic mass is 15.2. The molecule has 1 aliphatic heterocycles. The fraction of sp³-hybridized carbons (Fsp3) is 0.417. The van der Waals surface area contributed by atoms with Crippen molar-refractivity contribution in [2.45, 2.75) is 13.0 Å². The Labute approximate surface area is 94.6 Å². The maximum atomic E-state index is 4.11. The monoisotopic (exact) mass is 216 g/mol. The summed E-state index contributed by atoms with van der Waals surface area (Å²) in [5, 5.41) is 11.8. The predicted octanol–water partition coefficient (Wildman–Crippen LogP) is 1.36. The molecular formula is C12H16N4. The summed E-state index contributed by atoms with van der Waals surface area (Å²) in [5.74, 6) is 0. The molecule has 1 atom stereocenters. The van der Waals surface area contributed by atoms with E-state index in [1.807, 2.05) is 6.20 Å². The molecule has 0 spiro atoms. The van der Waals surface area contributed by atoms with Crippen LogP contribution in [-0.2, 0) is 0 Å². The average Bonchev–Trinajstić information content (AvgIpc) is 2.76. The van der Waals surface area contributed by atoms with Gasteiger partial charge in [0.05, 0.1) is 17.4 Å². The highest BCUT2D eigenvalue weighted by Crippen LogP contribution is 2.25. The van der Waals surface area contributed by atoms with Crippen molar-refractivity contribution in [2.75, 3.05) is 24.5 Å². The molecule has 84 valence electrons. The molecule has 16 heavy (non-hydrogen) atoms. The van der Waals surface area contributed by atoms with Gasteiger partial charge in [0, 0.05) is 31.1 Å². The largest absolute Gasteiger partial charge is 0.367 e. The van der Waals surface area contributed by atoms with Gasteiger partial charge < -0.3 is 10.2 Å². The second-order valence-electron chi connectivity index (χ2n) is 4.41. The van der Waals surface area contributed by atoms with Gasteiger partial charge in [0.15, 0.2) is 0 Å². The summed E-state index contributed by atoms with van der Waals surface area (Å²) in [4.78, 5) is 2.42. The van der Waals surface area contributed by atoms with E-state index in [9.17, 15) is 0 Å². The quantitative estimate of drug-likeness (QED) is 0.756. The summed E-state index contributed by atoms with van der Waals surface area (Å²) < 4.78 is 0. The second kappa shape index (κ2) is 3.79. The molecule has 0 bridgehead atoms. The Bertz CT molecular complexity index is 490. The molecule has 0 aliphatic carbocycles. The molecule has 4 heteroatoms. The molecule has 1 fully saturated rings. The smallest absolute Gasteiger partial charge is 0.0883 e. The number of anilines is 1. The van der Waals surface area contributed by atoms with Crippen molar-refractivity contribution in [3.05, 3.63) is 24.4 Å². The molecule has 2 heterocycles. The van der Waals surface area contributed by atoms with Gasteiger partial charge in [-0.1, -0.05) is 12.1 Å². The van der Waals surface area contributed by atoms with Crippen LogP contribution in [0.3, 0.4) is 0 Å². The van der Waals surface area contributed by atoms with E-state index < -0.39 is 0 Å². The van der Waals surface area contributed by atoms with Crippen LogP contribution < -0.4 is 10.2 Å². The average molecular weight is 216 g/mol. The Morgan fingerprint density at radius 2 is 2.38 bits per heavy atom. The third kappa shape index (κ3) is 1.55. The zero-order valence-corrected chi connectivity index (χ0v) is 9.40. The molecule has 1 aliphatic rings. The van der Waals surface area contributed by atoms with Crippen LogP contribution in [0.15, 0.2) is 24.4 Å². The number of para-hydroxylation sites is 1. The van der Waals surface area contributed by atoms with Gasteiger partial charge in [-0.15, -0.1) is 0 Å². The minimum atomic E-state index is 0.548. The van der Waals surface area contributed by atoms with Crippen LogP contribution in [0.4, 0.5) is 5.69 Å². The molecule has 1 unspecified atom stereocenters. The van der Waals surface area contributed by atoms with Crippen LogP contribution in [0, 0.1) is 0 Å². The molecule has 1 saturated heterocycles. The van der Waals surface area contributed by atoms with Gasteiger partial charge >= 0.3 is 0 Å². The number of hydrogen-bond donors (Lipinski definition) is 2. The standard InChI is InChI=1S/C12H16N4/c1-9-8-16(6-5-13-9)11-4-2-3-10-7-14-15-12(10)11/h2-4,7,9,13H,5-6,8H2,1H3,(H,14,15). The highest BCUT2D eigenvalue weighted by molar-refractivity contribution is 5.90. The van der Waals surface area contributed by atoms with Crippen LogP contribution in [0.5, 0.6) is 0 Å². The fourth-order valence-corrected chi connectivity index (χ4v) is 2.37. The van der Waals surface area contributed by atoms with Gasteiger partial charge in [0.1, 0.15) is 0 Å². The van der Waals surface area contributed by atoms with Crippen LogP contribution in [0.2, 0.25) is 0 Å². The highest BCUT2D eigenvalue weighted by Gasteiger charge is 2.17. The molecule has 4 nitrogen and oxygen atoms in total. The van der Waals surface area contributed by atoms with Crippen molar-refractivity contribution in [1.82, 2.24) is 15.5 Å². The lowest BCUT2D eigenvalue weighted by Gasteiger charge is -2.33. The van der Waals surface area contributed by atoms with E-state index in [0.717, 1.165) is 25.2 Å². The Balaban J connectivity index is 2.01. The van der Waals surface area contributed by atoms with E-state index in [4.69, 9.17) is 0 Å². The first-order chi connectivity index (χ1) is 7.84. The normalized spacial score (nSPS) is 21.6. The van der Waals surface area contributed by atoms with E-state index in [1.165, 1.54) is 11.1 Å². The molecule has 2 aromatic rings. The van der Waals surface area contributed by atoms with Crippen LogP contribution in [0.25, 0.3) is 10.9 Å². The van der Waals surface area contributed by atoms with Crippen molar-refractivity contribution in [1.29, 1.82) is 0 Å². The summed E-state index contributed by atoms with van der Waals surface area (Å²) >= 11 is 0. The number of aromatic nitrogens is 2. The zero-order chi connectivity index (χ0) is 11.0. The first-order valence-electron chi connectivity index (χ1n) is 5.75. The summed E-state index contributed by atoms with van der Waals surface area (Å²) in [6.07, 6.45) is 1.88. The Kier molecular flexibility index (Phi) is 2.29. The number of hydrogen-bond acceptors (Lipinski definition) is 3. The van der Waals surface area contributed by atoms with Gasteiger partial charge in [-0.05, 0) is 13.0 Å². The Morgan fingerprint density at radius 1 is 1.44 bits per heavy atom. The number of nitrogens with zero attached hydrogens (tertiary/aromatic N) is 2. The van der Waals surface area contributed by atoms with E-state index in [0.29, 0.717) is 6.04 Å². The summed E-state index contributed by atoms with van der Waals surface area (Å²) in [5.41, 5.74) is 2.42. The number of aromatic amines is 1. The number of H-pyrrole nitrogens is 1. The van der Waals surface area contributed by atoms with E-state index in [-0.39, 0.29) is 0 Å². The van der Waals surface area contributed by atoms with Crippen molar-refractivity contribution >= 4 is 16.6 Å². The number of rotatable bonds is 1. The predicted molar refractivity (Wildman–Crippen MR) is 65.8 cm³/mol. The summed E-state index contributed by atoms with van der Waals surface area (Å²) in [7, 11) is 0. The number of piperazine rings is 1.